The number of ether oxygens (including phenoxy) is 2. The van der Waals surface area contributed by atoms with Gasteiger partial charge < -0.3 is 9.47 Å². The summed E-state index contributed by atoms with van der Waals surface area (Å²) >= 11 is 1.41. The Morgan fingerprint density at radius 1 is 1.21 bits per heavy atom. The van der Waals surface area contributed by atoms with Crippen LogP contribution < -0.4 is 14.8 Å². The van der Waals surface area contributed by atoms with Crippen molar-refractivity contribution in [3.63, 3.8) is 0 Å². The van der Waals surface area contributed by atoms with Crippen LogP contribution in [0.5, 0.6) is 11.5 Å². The number of pyridine rings is 1. The molecule has 2 aromatic heterocycles. The van der Waals surface area contributed by atoms with E-state index in [1.54, 1.807) is 25.3 Å². The molecule has 3 aromatic rings. The largest absolute Gasteiger partial charge is 0.497 e. The Kier molecular flexibility index (Phi) is 4.61. The minimum absolute atomic E-state index is 0.103. The lowest BCUT2D eigenvalue weighted by Crippen LogP contribution is -2.20. The van der Waals surface area contributed by atoms with Gasteiger partial charge in [-0.15, -0.1) is 0 Å². The molecule has 3 rings (SSSR count). The number of hydrogen-bond acceptors (Lipinski definition) is 6. The van der Waals surface area contributed by atoms with Crippen LogP contribution in [0.25, 0.3) is 10.3 Å². The average molecular weight is 343 g/mol. The van der Waals surface area contributed by atoms with Gasteiger partial charge in [-0.05, 0) is 37.6 Å². The molecule has 124 valence electrons. The number of aryl methyl sites for hydroxylation is 2. The van der Waals surface area contributed by atoms with Crippen molar-refractivity contribution >= 4 is 32.7 Å². The van der Waals surface area contributed by atoms with Gasteiger partial charge in [-0.25, -0.2) is 4.98 Å². The molecule has 1 N–H and O–H groups in total. The van der Waals surface area contributed by atoms with Gasteiger partial charge in [0.25, 0.3) is 5.91 Å². The van der Waals surface area contributed by atoms with Crippen LogP contribution in [0.1, 0.15) is 11.3 Å². The normalized spacial score (nSPS) is 10.6. The highest BCUT2D eigenvalue weighted by molar-refractivity contribution is 7.22. The molecule has 0 saturated heterocycles. The van der Waals surface area contributed by atoms with E-state index in [0.29, 0.717) is 22.3 Å². The SMILES string of the molecule is COc1cccc(OCC(=O)Nc2nc3nc(C)cc(C)c3s2)c1. The Labute approximate surface area is 143 Å². The number of rotatable bonds is 5. The zero-order chi connectivity index (χ0) is 17.1. The fraction of sp³-hybridized carbons (Fsp3) is 0.235. The monoisotopic (exact) mass is 343 g/mol. The number of carbonyl (C=O) groups excluding carboxylic acids is 1. The number of carbonyl (C=O) groups is 1. The molecule has 0 aliphatic rings. The number of hydrogen-bond donors (Lipinski definition) is 1. The van der Waals surface area contributed by atoms with Crippen molar-refractivity contribution in [1.82, 2.24) is 9.97 Å². The fourth-order valence-corrected chi connectivity index (χ4v) is 3.16. The average Bonchev–Trinajstić information content (AvgIpc) is 2.95. The van der Waals surface area contributed by atoms with Crippen molar-refractivity contribution in [3.05, 3.63) is 41.6 Å². The fourth-order valence-electron chi connectivity index (χ4n) is 2.27. The number of fused-ring (bicyclic) bond motifs is 1. The number of benzene rings is 1. The summed E-state index contributed by atoms with van der Waals surface area (Å²) in [4.78, 5) is 20.8. The number of anilines is 1. The first-order chi connectivity index (χ1) is 11.5. The summed E-state index contributed by atoms with van der Waals surface area (Å²) in [6.07, 6.45) is 0. The molecule has 24 heavy (non-hydrogen) atoms. The zero-order valence-corrected chi connectivity index (χ0v) is 14.4. The summed E-state index contributed by atoms with van der Waals surface area (Å²) in [6.45, 7) is 3.83. The molecule has 0 aliphatic carbocycles. The predicted octanol–water partition coefficient (Wildman–Crippen LogP) is 3.33. The van der Waals surface area contributed by atoms with Gasteiger partial charge in [0, 0.05) is 11.8 Å². The van der Waals surface area contributed by atoms with Crippen LogP contribution in [0.15, 0.2) is 30.3 Å². The summed E-state index contributed by atoms with van der Waals surface area (Å²) in [5, 5.41) is 3.27. The van der Waals surface area contributed by atoms with Gasteiger partial charge in [0.1, 0.15) is 11.5 Å². The molecular formula is C17H17N3O3S. The summed E-state index contributed by atoms with van der Waals surface area (Å²) in [6, 6.07) is 9.10. The van der Waals surface area contributed by atoms with Crippen molar-refractivity contribution in [2.24, 2.45) is 0 Å². The van der Waals surface area contributed by atoms with Gasteiger partial charge >= 0.3 is 0 Å². The molecule has 0 aliphatic heterocycles. The molecule has 0 saturated carbocycles. The molecule has 0 spiro atoms. The molecule has 0 atom stereocenters. The third-order valence-corrected chi connectivity index (χ3v) is 4.43. The standard InChI is InChI=1S/C17H17N3O3S/c1-10-7-11(2)18-16-15(10)24-17(20-16)19-14(21)9-23-13-6-4-5-12(8-13)22-3/h4-8H,9H2,1-3H3,(H,18,19,20,21). The van der Waals surface area contributed by atoms with Gasteiger partial charge in [-0.1, -0.05) is 17.4 Å². The van der Waals surface area contributed by atoms with Crippen LogP contribution >= 0.6 is 11.3 Å². The first-order valence-electron chi connectivity index (χ1n) is 7.36. The van der Waals surface area contributed by atoms with Crippen LogP contribution in [-0.2, 0) is 4.79 Å². The van der Waals surface area contributed by atoms with Gasteiger partial charge in [0.2, 0.25) is 0 Å². The minimum atomic E-state index is -0.272. The topological polar surface area (TPSA) is 73.3 Å². The van der Waals surface area contributed by atoms with E-state index in [-0.39, 0.29) is 12.5 Å². The number of nitrogens with zero attached hydrogens (tertiary/aromatic N) is 2. The molecular weight excluding hydrogens is 326 g/mol. The van der Waals surface area contributed by atoms with E-state index in [4.69, 9.17) is 9.47 Å². The molecule has 1 aromatic carbocycles. The minimum Gasteiger partial charge on any atom is -0.497 e. The summed E-state index contributed by atoms with van der Waals surface area (Å²) < 4.78 is 11.6. The Morgan fingerprint density at radius 2 is 2.00 bits per heavy atom. The van der Waals surface area contributed by atoms with Crippen molar-refractivity contribution in [2.75, 3.05) is 19.0 Å². The smallest absolute Gasteiger partial charge is 0.264 e. The Bertz CT molecular complexity index is 892. The maximum absolute atomic E-state index is 12.0. The summed E-state index contributed by atoms with van der Waals surface area (Å²) in [5.74, 6) is 0.976. The van der Waals surface area contributed by atoms with Crippen LogP contribution in [0, 0.1) is 13.8 Å². The molecule has 7 heteroatoms. The summed E-state index contributed by atoms with van der Waals surface area (Å²) in [7, 11) is 1.58. The van der Waals surface area contributed by atoms with E-state index in [9.17, 15) is 4.79 Å². The Hall–Kier alpha value is -2.67. The number of nitrogens with one attached hydrogen (secondary N) is 1. The second-order valence-electron chi connectivity index (χ2n) is 5.27. The third-order valence-electron chi connectivity index (χ3n) is 3.33. The van der Waals surface area contributed by atoms with Gasteiger partial charge in [0.05, 0.1) is 11.8 Å². The van der Waals surface area contributed by atoms with E-state index < -0.39 is 0 Å². The van der Waals surface area contributed by atoms with Gasteiger partial charge in [-0.2, -0.15) is 4.98 Å². The number of amides is 1. The van der Waals surface area contributed by atoms with E-state index in [2.05, 4.69) is 15.3 Å². The van der Waals surface area contributed by atoms with E-state index in [0.717, 1.165) is 16.0 Å². The van der Waals surface area contributed by atoms with Crippen LogP contribution in [-0.4, -0.2) is 29.6 Å². The molecule has 0 unspecified atom stereocenters. The molecule has 0 bridgehead atoms. The van der Waals surface area contributed by atoms with Gasteiger partial charge in [0.15, 0.2) is 17.4 Å². The molecule has 6 nitrogen and oxygen atoms in total. The molecule has 0 fully saturated rings. The van der Waals surface area contributed by atoms with Crippen molar-refractivity contribution in [3.8, 4) is 11.5 Å². The van der Waals surface area contributed by atoms with Crippen molar-refractivity contribution in [1.29, 1.82) is 0 Å². The molecule has 2 heterocycles. The highest BCUT2D eigenvalue weighted by atomic mass is 32.1. The molecule has 0 radical (unpaired) electrons. The lowest BCUT2D eigenvalue weighted by atomic mass is 10.2. The molecule has 1 amide bonds. The highest BCUT2D eigenvalue weighted by Gasteiger charge is 2.11. The number of methoxy groups -OCH3 is 1. The lowest BCUT2D eigenvalue weighted by Gasteiger charge is -2.07. The Morgan fingerprint density at radius 3 is 2.79 bits per heavy atom. The van der Waals surface area contributed by atoms with E-state index in [1.165, 1.54) is 11.3 Å². The second-order valence-corrected chi connectivity index (χ2v) is 6.27. The van der Waals surface area contributed by atoms with Crippen LogP contribution in [0.4, 0.5) is 5.13 Å². The predicted molar refractivity (Wildman–Crippen MR) is 94.0 cm³/mol. The summed E-state index contributed by atoms with van der Waals surface area (Å²) in [5.41, 5.74) is 2.66. The first kappa shape index (κ1) is 16.2. The van der Waals surface area contributed by atoms with Gasteiger partial charge in [-0.3, -0.25) is 10.1 Å². The van der Waals surface area contributed by atoms with Crippen LogP contribution in [0.2, 0.25) is 0 Å². The number of thiazole rings is 1. The quantitative estimate of drug-likeness (QED) is 0.769. The third kappa shape index (κ3) is 3.62. The maximum Gasteiger partial charge on any atom is 0.264 e. The second kappa shape index (κ2) is 6.84. The van der Waals surface area contributed by atoms with Crippen molar-refractivity contribution < 1.29 is 14.3 Å². The zero-order valence-electron chi connectivity index (χ0n) is 13.6. The van der Waals surface area contributed by atoms with Crippen molar-refractivity contribution in [2.45, 2.75) is 13.8 Å². The van der Waals surface area contributed by atoms with E-state index in [1.807, 2.05) is 26.0 Å². The first-order valence-corrected chi connectivity index (χ1v) is 8.18. The Balaban J connectivity index is 1.65. The highest BCUT2D eigenvalue weighted by Crippen LogP contribution is 2.28. The van der Waals surface area contributed by atoms with Crippen LogP contribution in [0.3, 0.4) is 0 Å². The lowest BCUT2D eigenvalue weighted by molar-refractivity contribution is -0.118. The maximum atomic E-state index is 12.0. The number of aromatic nitrogens is 2. The van der Waals surface area contributed by atoms with E-state index >= 15 is 0 Å².